The molecule has 0 spiro atoms. The maximum atomic E-state index is 12.9. The number of nitrogens with zero attached hydrogens (tertiary/aromatic N) is 2. The number of hydrogen-bond donors (Lipinski definition) is 1. The van der Waals surface area contributed by atoms with Gasteiger partial charge >= 0.3 is 0 Å². The number of carbonyl (C=O) groups excluding carboxylic acids is 2. The number of carbonyl (C=O) groups is 2. The molecule has 2 fully saturated rings. The zero-order valence-electron chi connectivity index (χ0n) is 16.7. The number of benzene rings is 2. The normalized spacial score (nSPS) is 20.9. The molecule has 0 bridgehead atoms. The zero-order valence-corrected chi connectivity index (χ0v) is 18.2. The number of halogens is 1. The van der Waals surface area contributed by atoms with Crippen LogP contribution < -0.4 is 4.72 Å². The van der Waals surface area contributed by atoms with Crippen LogP contribution in [0, 0.1) is 0 Å². The molecule has 0 unspecified atom stereocenters. The number of hydrogen-bond acceptors (Lipinski definition) is 4. The Bertz CT molecular complexity index is 1100. The molecule has 0 saturated carbocycles. The molecule has 4 rings (SSSR count). The van der Waals surface area contributed by atoms with E-state index >= 15 is 0 Å². The van der Waals surface area contributed by atoms with E-state index in [1.807, 2.05) is 0 Å². The predicted octanol–water partition coefficient (Wildman–Crippen LogP) is 2.38. The van der Waals surface area contributed by atoms with E-state index in [-0.39, 0.29) is 16.7 Å². The number of amides is 2. The molecular weight excluding hydrogens is 426 g/mol. The molecule has 1 N–H and O–H groups in total. The van der Waals surface area contributed by atoms with Gasteiger partial charge in [-0.3, -0.25) is 9.59 Å². The van der Waals surface area contributed by atoms with Crippen LogP contribution in [0.15, 0.2) is 41.3 Å². The third-order valence-corrected chi connectivity index (χ3v) is 7.57. The van der Waals surface area contributed by atoms with Crippen molar-refractivity contribution in [2.24, 2.45) is 0 Å². The van der Waals surface area contributed by atoms with Crippen molar-refractivity contribution in [1.82, 2.24) is 14.5 Å². The summed E-state index contributed by atoms with van der Waals surface area (Å²) in [5.74, 6) is -0.427. The highest BCUT2D eigenvalue weighted by Gasteiger charge is 2.40. The average Bonchev–Trinajstić information content (AvgIpc) is 3.37. The summed E-state index contributed by atoms with van der Waals surface area (Å²) in [6.45, 7) is 3.50. The maximum absolute atomic E-state index is 12.9. The van der Waals surface area contributed by atoms with Gasteiger partial charge in [0.25, 0.3) is 0 Å². The number of rotatable bonds is 5. The summed E-state index contributed by atoms with van der Waals surface area (Å²) < 4.78 is 28.3. The lowest BCUT2D eigenvalue weighted by atomic mass is 10.1. The van der Waals surface area contributed by atoms with Gasteiger partial charge in [0.2, 0.25) is 21.8 Å². The Morgan fingerprint density at radius 1 is 1.10 bits per heavy atom. The highest BCUT2D eigenvalue weighted by Crippen LogP contribution is 2.24. The van der Waals surface area contributed by atoms with Crippen LogP contribution in [-0.2, 0) is 19.6 Å². The van der Waals surface area contributed by atoms with Crippen LogP contribution in [-0.4, -0.2) is 61.7 Å². The van der Waals surface area contributed by atoms with Crippen LogP contribution in [0.5, 0.6) is 0 Å². The Balaban J connectivity index is 1.48. The second kappa shape index (κ2) is 8.17. The van der Waals surface area contributed by atoms with Crippen LogP contribution in [0.3, 0.4) is 0 Å². The van der Waals surface area contributed by atoms with E-state index in [2.05, 4.69) is 4.72 Å². The average molecular weight is 450 g/mol. The van der Waals surface area contributed by atoms with Gasteiger partial charge in [0, 0.05) is 24.7 Å². The highest BCUT2D eigenvalue weighted by atomic mass is 35.5. The second-order valence-electron chi connectivity index (χ2n) is 7.86. The Morgan fingerprint density at radius 3 is 2.50 bits per heavy atom. The molecule has 30 heavy (non-hydrogen) atoms. The fourth-order valence-corrected chi connectivity index (χ4v) is 5.59. The molecule has 0 aliphatic carbocycles. The van der Waals surface area contributed by atoms with Gasteiger partial charge in [-0.25, -0.2) is 8.42 Å². The zero-order chi connectivity index (χ0) is 21.5. The van der Waals surface area contributed by atoms with Gasteiger partial charge in [-0.05, 0) is 61.2 Å². The smallest absolute Gasteiger partial charge is 0.245 e. The largest absolute Gasteiger partial charge is 0.341 e. The van der Waals surface area contributed by atoms with Gasteiger partial charge < -0.3 is 9.80 Å². The fourth-order valence-electron chi connectivity index (χ4n) is 4.15. The summed E-state index contributed by atoms with van der Waals surface area (Å²) in [6.07, 6.45) is 2.29. The molecule has 2 aliphatic rings. The summed E-state index contributed by atoms with van der Waals surface area (Å²) in [4.78, 5) is 28.8. The first-order valence-corrected chi connectivity index (χ1v) is 11.9. The molecular formula is C21H24ClN3O4S. The minimum absolute atomic E-state index is 0.0717. The standard InChI is InChI=1S/C21H24ClN3O4S/c1-14(20(26)24-9-2-3-10-24)25-11-8-19(21(25)27)23-30(28,29)18-7-5-15-12-17(22)6-4-16(15)13-18/h4-7,12-14,19,23H,2-3,8-11H2,1H3/t14-,19+/m1/s1. The van der Waals surface area contributed by atoms with E-state index in [1.165, 1.54) is 11.0 Å². The van der Waals surface area contributed by atoms with Crippen molar-refractivity contribution in [1.29, 1.82) is 0 Å². The Morgan fingerprint density at radius 2 is 1.77 bits per heavy atom. The van der Waals surface area contributed by atoms with Crippen LogP contribution in [0.2, 0.25) is 5.02 Å². The van der Waals surface area contributed by atoms with Crippen molar-refractivity contribution in [2.75, 3.05) is 19.6 Å². The summed E-state index contributed by atoms with van der Waals surface area (Å²) in [6, 6.07) is 8.51. The number of sulfonamides is 1. The van der Waals surface area contributed by atoms with Gasteiger partial charge in [0.05, 0.1) is 4.90 Å². The molecule has 2 atom stereocenters. The minimum atomic E-state index is -3.89. The van der Waals surface area contributed by atoms with Crippen LogP contribution in [0.25, 0.3) is 10.8 Å². The van der Waals surface area contributed by atoms with Crippen molar-refractivity contribution < 1.29 is 18.0 Å². The summed E-state index contributed by atoms with van der Waals surface area (Å²) in [5.41, 5.74) is 0. The first-order chi connectivity index (χ1) is 14.3. The number of fused-ring (bicyclic) bond motifs is 1. The van der Waals surface area contributed by atoms with Gasteiger partial charge in [-0.1, -0.05) is 23.7 Å². The van der Waals surface area contributed by atoms with Gasteiger partial charge in [0.15, 0.2) is 0 Å². The lowest BCUT2D eigenvalue weighted by Crippen LogP contribution is -2.49. The lowest BCUT2D eigenvalue weighted by Gasteiger charge is -2.28. The van der Waals surface area contributed by atoms with Crippen molar-refractivity contribution >= 4 is 44.2 Å². The second-order valence-corrected chi connectivity index (χ2v) is 10.0. The minimum Gasteiger partial charge on any atom is -0.341 e. The molecule has 7 nitrogen and oxygen atoms in total. The highest BCUT2D eigenvalue weighted by molar-refractivity contribution is 7.89. The van der Waals surface area contributed by atoms with E-state index in [0.717, 1.165) is 23.6 Å². The first kappa shape index (κ1) is 21.1. The van der Waals surface area contributed by atoms with Crippen LogP contribution in [0.4, 0.5) is 0 Å². The van der Waals surface area contributed by atoms with Crippen molar-refractivity contribution in [3.63, 3.8) is 0 Å². The lowest BCUT2D eigenvalue weighted by molar-refractivity contribution is -0.142. The topological polar surface area (TPSA) is 86.8 Å². The Kier molecular flexibility index (Phi) is 5.74. The molecule has 2 aromatic rings. The maximum Gasteiger partial charge on any atom is 0.245 e. The molecule has 2 aliphatic heterocycles. The van der Waals surface area contributed by atoms with Crippen molar-refractivity contribution in [3.05, 3.63) is 41.4 Å². The first-order valence-electron chi connectivity index (χ1n) is 10.1. The van der Waals surface area contributed by atoms with E-state index in [0.29, 0.717) is 31.1 Å². The van der Waals surface area contributed by atoms with Crippen molar-refractivity contribution in [2.45, 2.75) is 43.2 Å². The Hall–Kier alpha value is -2.16. The number of nitrogens with one attached hydrogen (secondary N) is 1. The molecule has 2 heterocycles. The molecule has 0 radical (unpaired) electrons. The van der Waals surface area contributed by atoms with E-state index < -0.39 is 22.1 Å². The SMILES string of the molecule is C[C@H](C(=O)N1CCCC1)N1CC[C@H](NS(=O)(=O)c2ccc3cc(Cl)ccc3c2)C1=O. The number of likely N-dealkylation sites (tertiary alicyclic amines) is 2. The molecule has 2 aromatic carbocycles. The van der Waals surface area contributed by atoms with E-state index in [4.69, 9.17) is 11.6 Å². The molecule has 160 valence electrons. The van der Waals surface area contributed by atoms with Crippen LogP contribution >= 0.6 is 11.6 Å². The Labute approximate surface area is 181 Å². The van der Waals surface area contributed by atoms with Gasteiger partial charge in [0.1, 0.15) is 12.1 Å². The van der Waals surface area contributed by atoms with Crippen LogP contribution in [0.1, 0.15) is 26.2 Å². The van der Waals surface area contributed by atoms with Crippen molar-refractivity contribution in [3.8, 4) is 0 Å². The van der Waals surface area contributed by atoms with Gasteiger partial charge in [-0.2, -0.15) is 4.72 Å². The van der Waals surface area contributed by atoms with Gasteiger partial charge in [-0.15, -0.1) is 0 Å². The molecule has 0 aromatic heterocycles. The van der Waals surface area contributed by atoms with E-state index in [9.17, 15) is 18.0 Å². The summed E-state index contributed by atoms with van der Waals surface area (Å²) in [5, 5.41) is 2.15. The fraction of sp³-hybridized carbons (Fsp3) is 0.429. The predicted molar refractivity (Wildman–Crippen MR) is 115 cm³/mol. The summed E-state index contributed by atoms with van der Waals surface area (Å²) >= 11 is 5.98. The summed E-state index contributed by atoms with van der Waals surface area (Å²) in [7, 11) is -3.89. The molecule has 2 amide bonds. The third-order valence-electron chi connectivity index (χ3n) is 5.86. The third kappa shape index (κ3) is 4.04. The molecule has 2 saturated heterocycles. The monoisotopic (exact) mass is 449 g/mol. The quantitative estimate of drug-likeness (QED) is 0.759. The van der Waals surface area contributed by atoms with E-state index in [1.54, 1.807) is 42.2 Å². The molecule has 9 heteroatoms.